The van der Waals surface area contributed by atoms with Gasteiger partial charge in [-0.15, -0.1) is 0 Å². The number of hydrogen-bond acceptors (Lipinski definition) is 6. The zero-order valence-corrected chi connectivity index (χ0v) is 18.4. The molecule has 1 aliphatic rings. The van der Waals surface area contributed by atoms with Gasteiger partial charge in [0.25, 0.3) is 0 Å². The largest absolute Gasteiger partial charge is 0.420 e. The molecule has 1 aromatic carbocycles. The van der Waals surface area contributed by atoms with Crippen molar-refractivity contribution >= 4 is 22.8 Å². The van der Waals surface area contributed by atoms with Gasteiger partial charge in [0.15, 0.2) is 5.58 Å². The van der Waals surface area contributed by atoms with Crippen LogP contribution in [0.1, 0.15) is 30.0 Å². The smallest absolute Gasteiger partial charge is 0.408 e. The first-order chi connectivity index (χ1) is 16.0. The highest BCUT2D eigenvalue weighted by Crippen LogP contribution is 2.28. The number of aryl methyl sites for hydroxylation is 1. The Bertz CT molecular complexity index is 1360. The lowest BCUT2D eigenvalue weighted by Gasteiger charge is -2.32. The van der Waals surface area contributed by atoms with E-state index in [0.717, 1.165) is 35.2 Å². The van der Waals surface area contributed by atoms with E-state index < -0.39 is 5.76 Å². The fourth-order valence-corrected chi connectivity index (χ4v) is 4.40. The molecule has 0 aliphatic carbocycles. The number of nitrogens with two attached hydrogens (primary N) is 1. The van der Waals surface area contributed by atoms with Crippen LogP contribution in [0.4, 0.5) is 5.82 Å². The Balaban J connectivity index is 1.30. The maximum Gasteiger partial charge on any atom is 0.420 e. The molecule has 1 amide bonds. The van der Waals surface area contributed by atoms with Crippen molar-refractivity contribution < 1.29 is 9.21 Å². The number of piperidine rings is 1. The van der Waals surface area contributed by atoms with E-state index in [2.05, 4.69) is 9.97 Å². The van der Waals surface area contributed by atoms with Crippen LogP contribution in [0.15, 0.2) is 64.1 Å². The minimum atomic E-state index is -0.507. The summed E-state index contributed by atoms with van der Waals surface area (Å²) in [6.45, 7) is 3.17. The fourth-order valence-electron chi connectivity index (χ4n) is 4.40. The molecule has 3 aromatic heterocycles. The first-order valence-corrected chi connectivity index (χ1v) is 11.0. The number of carbonyl (C=O) groups excluding carboxylic acids is 1. The number of oxazole rings is 1. The van der Waals surface area contributed by atoms with Crippen LogP contribution in [-0.4, -0.2) is 38.4 Å². The van der Waals surface area contributed by atoms with Gasteiger partial charge in [-0.2, -0.15) is 0 Å². The molecule has 5 rings (SSSR count). The summed E-state index contributed by atoms with van der Waals surface area (Å²) >= 11 is 0. The van der Waals surface area contributed by atoms with Crippen molar-refractivity contribution in [3.63, 3.8) is 0 Å². The Morgan fingerprint density at radius 3 is 2.64 bits per heavy atom. The van der Waals surface area contributed by atoms with Crippen molar-refractivity contribution in [3.05, 3.63) is 76.7 Å². The molecule has 0 unspecified atom stereocenters. The fraction of sp³-hybridized carbons (Fsp3) is 0.280. The summed E-state index contributed by atoms with van der Waals surface area (Å²) in [5.41, 5.74) is 10.7. The number of amides is 1. The third-order valence-corrected chi connectivity index (χ3v) is 6.21. The second-order valence-corrected chi connectivity index (χ2v) is 8.55. The molecular weight excluding hydrogens is 418 g/mol. The topological polar surface area (TPSA) is 107 Å². The molecule has 2 N–H and O–H groups in total. The van der Waals surface area contributed by atoms with Crippen molar-refractivity contribution in [2.45, 2.75) is 32.2 Å². The summed E-state index contributed by atoms with van der Waals surface area (Å²) in [5.74, 6) is 0.0416. The third kappa shape index (κ3) is 4.24. The predicted octanol–water partition coefficient (Wildman–Crippen LogP) is 3.35. The normalized spacial score (nSPS) is 16.3. The Kier molecular flexibility index (Phi) is 5.42. The van der Waals surface area contributed by atoms with Crippen LogP contribution in [0.2, 0.25) is 0 Å². The molecule has 0 saturated carbocycles. The molecule has 4 heterocycles. The Morgan fingerprint density at radius 1 is 1.12 bits per heavy atom. The molecule has 33 heavy (non-hydrogen) atoms. The molecule has 4 aromatic rings. The van der Waals surface area contributed by atoms with E-state index in [-0.39, 0.29) is 18.4 Å². The maximum atomic E-state index is 13.1. The Hall–Kier alpha value is -3.94. The number of nitrogens with zero attached hydrogens (tertiary/aromatic N) is 4. The summed E-state index contributed by atoms with van der Waals surface area (Å²) in [6.07, 6.45) is 5.42. The van der Waals surface area contributed by atoms with Gasteiger partial charge in [0.2, 0.25) is 5.91 Å². The number of rotatable bonds is 4. The molecule has 8 heteroatoms. The SMILES string of the molecule is Cc1ccc2oc(=O)n(CC(=O)N3CCC[C@@H](c4ccc(-c5ccc(N)nc5)cn4)C3)c2c1. The molecule has 1 atom stereocenters. The molecule has 8 nitrogen and oxygen atoms in total. The van der Waals surface area contributed by atoms with Crippen LogP contribution in [0.3, 0.4) is 0 Å². The Labute approximate surface area is 190 Å². The van der Waals surface area contributed by atoms with Crippen LogP contribution in [0.5, 0.6) is 0 Å². The zero-order valence-electron chi connectivity index (χ0n) is 18.4. The van der Waals surface area contributed by atoms with Crippen molar-refractivity contribution in [2.24, 2.45) is 0 Å². The minimum absolute atomic E-state index is 0.0293. The second-order valence-electron chi connectivity index (χ2n) is 8.55. The van der Waals surface area contributed by atoms with Gasteiger partial charge in [-0.1, -0.05) is 12.1 Å². The van der Waals surface area contributed by atoms with Gasteiger partial charge in [-0.3, -0.25) is 14.3 Å². The molecular formula is C25H25N5O3. The molecule has 1 aliphatic heterocycles. The zero-order chi connectivity index (χ0) is 22.9. The number of pyridine rings is 2. The number of nitrogen functional groups attached to an aromatic ring is 1. The van der Waals surface area contributed by atoms with Crippen LogP contribution in [-0.2, 0) is 11.3 Å². The predicted molar refractivity (Wildman–Crippen MR) is 126 cm³/mol. The number of anilines is 1. The average Bonchev–Trinajstić information content (AvgIpc) is 3.14. The van der Waals surface area contributed by atoms with Gasteiger partial charge in [0, 0.05) is 48.2 Å². The van der Waals surface area contributed by atoms with E-state index in [1.807, 2.05) is 48.4 Å². The van der Waals surface area contributed by atoms with Crippen LogP contribution >= 0.6 is 0 Å². The van der Waals surface area contributed by atoms with Gasteiger partial charge in [-0.05, 0) is 55.7 Å². The van der Waals surface area contributed by atoms with Crippen LogP contribution in [0.25, 0.3) is 22.2 Å². The van der Waals surface area contributed by atoms with E-state index in [1.165, 1.54) is 4.57 Å². The highest BCUT2D eigenvalue weighted by Gasteiger charge is 2.26. The molecule has 1 fully saturated rings. The average molecular weight is 444 g/mol. The highest BCUT2D eigenvalue weighted by atomic mass is 16.4. The van der Waals surface area contributed by atoms with Gasteiger partial charge >= 0.3 is 5.76 Å². The van der Waals surface area contributed by atoms with Gasteiger partial charge in [-0.25, -0.2) is 9.78 Å². The van der Waals surface area contributed by atoms with E-state index >= 15 is 0 Å². The van der Waals surface area contributed by atoms with Crippen LogP contribution < -0.4 is 11.5 Å². The summed E-state index contributed by atoms with van der Waals surface area (Å²) in [4.78, 5) is 36.0. The van der Waals surface area contributed by atoms with E-state index in [9.17, 15) is 9.59 Å². The van der Waals surface area contributed by atoms with Crippen molar-refractivity contribution in [3.8, 4) is 11.1 Å². The number of benzene rings is 1. The van der Waals surface area contributed by atoms with Gasteiger partial charge in [0.05, 0.1) is 5.52 Å². The standard InChI is InChI=1S/C25H25N5O3/c1-16-4-8-22-21(11-16)30(25(32)33-22)15-24(31)29-10-2-3-19(14-29)20-7-5-17(12-27-20)18-6-9-23(26)28-13-18/h4-9,11-13,19H,2-3,10,14-15H2,1H3,(H2,26,28)/t19-/m1/s1. The summed E-state index contributed by atoms with van der Waals surface area (Å²) in [5, 5.41) is 0. The monoisotopic (exact) mass is 443 g/mol. The summed E-state index contributed by atoms with van der Waals surface area (Å²) in [6, 6.07) is 13.2. The lowest BCUT2D eigenvalue weighted by Crippen LogP contribution is -2.41. The van der Waals surface area contributed by atoms with Crippen molar-refractivity contribution in [2.75, 3.05) is 18.8 Å². The first-order valence-electron chi connectivity index (χ1n) is 11.0. The highest BCUT2D eigenvalue weighted by molar-refractivity contribution is 5.80. The number of hydrogen-bond donors (Lipinski definition) is 1. The molecule has 168 valence electrons. The number of likely N-dealkylation sites (tertiary alicyclic amines) is 1. The number of carbonyl (C=O) groups is 1. The number of aromatic nitrogens is 3. The van der Waals surface area contributed by atoms with Gasteiger partial charge < -0.3 is 15.1 Å². The van der Waals surface area contributed by atoms with Crippen molar-refractivity contribution in [1.29, 1.82) is 0 Å². The minimum Gasteiger partial charge on any atom is -0.408 e. The molecule has 1 saturated heterocycles. The molecule has 0 bridgehead atoms. The van der Waals surface area contributed by atoms with E-state index in [1.54, 1.807) is 18.3 Å². The van der Waals surface area contributed by atoms with Gasteiger partial charge in [0.1, 0.15) is 12.4 Å². The molecule has 0 spiro atoms. The summed E-state index contributed by atoms with van der Waals surface area (Å²) in [7, 11) is 0. The summed E-state index contributed by atoms with van der Waals surface area (Å²) < 4.78 is 6.72. The first kappa shape index (κ1) is 20.9. The number of fused-ring (bicyclic) bond motifs is 1. The van der Waals surface area contributed by atoms with Crippen LogP contribution in [0, 0.1) is 6.92 Å². The lowest BCUT2D eigenvalue weighted by atomic mass is 9.93. The van der Waals surface area contributed by atoms with Crippen molar-refractivity contribution in [1.82, 2.24) is 19.4 Å². The Morgan fingerprint density at radius 2 is 1.91 bits per heavy atom. The van der Waals surface area contributed by atoms with E-state index in [0.29, 0.717) is 30.0 Å². The van der Waals surface area contributed by atoms with E-state index in [4.69, 9.17) is 10.2 Å². The second kappa shape index (κ2) is 8.54. The molecule has 0 radical (unpaired) electrons. The third-order valence-electron chi connectivity index (χ3n) is 6.21. The lowest BCUT2D eigenvalue weighted by molar-refractivity contribution is -0.133. The maximum absolute atomic E-state index is 13.1. The quantitative estimate of drug-likeness (QED) is 0.518.